The number of aromatic nitrogens is 5. The van der Waals surface area contributed by atoms with E-state index in [1.54, 1.807) is 12.4 Å². The molecule has 32 heavy (non-hydrogen) atoms. The molecule has 3 aromatic rings. The van der Waals surface area contributed by atoms with Crippen LogP contribution >= 0.6 is 11.6 Å². The minimum absolute atomic E-state index is 0.356. The minimum atomic E-state index is 0.356. The lowest BCUT2D eigenvalue weighted by atomic mass is 9.95. The van der Waals surface area contributed by atoms with Crippen LogP contribution in [0.3, 0.4) is 0 Å². The van der Waals surface area contributed by atoms with Gasteiger partial charge < -0.3 is 9.64 Å². The topological polar surface area (TPSA) is 72.2 Å². The third-order valence-electron chi connectivity index (χ3n) is 6.91. The maximum absolute atomic E-state index is 6.40. The molecular weight excluding hydrogens is 426 g/mol. The van der Waals surface area contributed by atoms with Gasteiger partial charge in [0.05, 0.1) is 25.0 Å². The van der Waals surface area contributed by atoms with E-state index in [9.17, 15) is 0 Å². The van der Waals surface area contributed by atoms with Gasteiger partial charge in [-0.1, -0.05) is 11.6 Å². The summed E-state index contributed by atoms with van der Waals surface area (Å²) in [5.41, 5.74) is 2.38. The average molecular weight is 452 g/mol. The van der Waals surface area contributed by atoms with Crippen LogP contribution in [0, 0.1) is 0 Å². The Morgan fingerprint density at radius 2 is 1.94 bits per heavy atom. The summed E-state index contributed by atoms with van der Waals surface area (Å²) in [5.74, 6) is 3.37. The molecule has 0 spiro atoms. The van der Waals surface area contributed by atoms with Gasteiger partial charge in [-0.05, 0) is 43.0 Å². The van der Waals surface area contributed by atoms with Crippen LogP contribution < -0.4 is 4.90 Å². The maximum atomic E-state index is 6.40. The molecule has 1 aromatic carbocycles. The quantitative estimate of drug-likeness (QED) is 0.605. The van der Waals surface area contributed by atoms with Gasteiger partial charge in [-0.3, -0.25) is 14.5 Å². The molecule has 6 rings (SSSR count). The van der Waals surface area contributed by atoms with Crippen molar-refractivity contribution < 1.29 is 4.74 Å². The largest absolute Gasteiger partial charge is 0.380 e. The monoisotopic (exact) mass is 451 g/mol. The smallest absolute Gasteiger partial charge is 0.151 e. The average Bonchev–Trinajstić information content (AvgIpc) is 3.48. The van der Waals surface area contributed by atoms with E-state index >= 15 is 0 Å². The molecule has 3 aliphatic heterocycles. The lowest BCUT2D eigenvalue weighted by Crippen LogP contribution is -2.34. The highest BCUT2D eigenvalue weighted by molar-refractivity contribution is 6.30. The zero-order chi connectivity index (χ0) is 21.5. The van der Waals surface area contributed by atoms with Crippen molar-refractivity contribution in [2.24, 2.45) is 0 Å². The van der Waals surface area contributed by atoms with Gasteiger partial charge >= 0.3 is 0 Å². The molecule has 5 heterocycles. The first-order chi connectivity index (χ1) is 15.8. The second-order valence-corrected chi connectivity index (χ2v) is 9.27. The molecule has 1 atom stereocenters. The lowest BCUT2D eigenvalue weighted by Gasteiger charge is -2.32. The summed E-state index contributed by atoms with van der Waals surface area (Å²) < 4.78 is 7.97. The molecule has 0 saturated carbocycles. The van der Waals surface area contributed by atoms with E-state index in [0.29, 0.717) is 12.0 Å². The minimum Gasteiger partial charge on any atom is -0.380 e. The Balaban J connectivity index is 1.31. The molecule has 2 aromatic heterocycles. The normalized spacial score (nSPS) is 21.9. The van der Waals surface area contributed by atoms with Crippen molar-refractivity contribution in [3.8, 4) is 5.69 Å². The number of halogens is 1. The summed E-state index contributed by atoms with van der Waals surface area (Å²) >= 11 is 6.40. The summed E-state index contributed by atoms with van der Waals surface area (Å²) in [6, 6.07) is 6.59. The van der Waals surface area contributed by atoms with Crippen LogP contribution in [0.5, 0.6) is 0 Å². The van der Waals surface area contributed by atoms with Crippen LogP contribution in [0.25, 0.3) is 5.69 Å². The Hall–Kier alpha value is -2.55. The molecule has 0 aliphatic carbocycles. The maximum Gasteiger partial charge on any atom is 0.151 e. The second kappa shape index (κ2) is 8.42. The van der Waals surface area contributed by atoms with E-state index in [2.05, 4.69) is 41.6 Å². The van der Waals surface area contributed by atoms with E-state index in [-0.39, 0.29) is 0 Å². The summed E-state index contributed by atoms with van der Waals surface area (Å²) in [5, 5.41) is 10.2. The van der Waals surface area contributed by atoms with Crippen LogP contribution in [0.1, 0.15) is 42.4 Å². The Kier molecular flexibility index (Phi) is 5.29. The van der Waals surface area contributed by atoms with Crippen LogP contribution in [-0.4, -0.2) is 62.0 Å². The summed E-state index contributed by atoms with van der Waals surface area (Å²) in [6.45, 7) is 5.09. The van der Waals surface area contributed by atoms with E-state index < -0.39 is 0 Å². The van der Waals surface area contributed by atoms with Crippen molar-refractivity contribution in [2.45, 2.75) is 44.3 Å². The Labute approximate surface area is 192 Å². The van der Waals surface area contributed by atoms with Crippen molar-refractivity contribution >= 4 is 17.4 Å². The first-order valence-corrected chi connectivity index (χ1v) is 11.7. The van der Waals surface area contributed by atoms with Crippen LogP contribution in [0.4, 0.5) is 5.82 Å². The van der Waals surface area contributed by atoms with Crippen molar-refractivity contribution in [3.05, 3.63) is 59.0 Å². The Morgan fingerprint density at radius 3 is 2.72 bits per heavy atom. The van der Waals surface area contributed by atoms with Gasteiger partial charge in [-0.15, -0.1) is 10.2 Å². The zero-order valence-corrected chi connectivity index (χ0v) is 18.7. The highest BCUT2D eigenvalue weighted by atomic mass is 35.5. The molecule has 0 unspecified atom stereocenters. The molecule has 0 N–H and O–H groups in total. The first kappa shape index (κ1) is 20.1. The molecule has 2 saturated heterocycles. The van der Waals surface area contributed by atoms with Gasteiger partial charge in [-0.25, -0.2) is 4.98 Å². The van der Waals surface area contributed by atoms with Gasteiger partial charge in [0.15, 0.2) is 5.82 Å². The fourth-order valence-corrected chi connectivity index (χ4v) is 5.40. The predicted octanol–water partition coefficient (Wildman–Crippen LogP) is 3.20. The number of anilines is 1. The number of hydrogen-bond donors (Lipinski definition) is 0. The van der Waals surface area contributed by atoms with E-state index in [0.717, 1.165) is 86.8 Å². The number of rotatable bonds is 3. The Morgan fingerprint density at radius 1 is 1.03 bits per heavy atom. The highest BCUT2D eigenvalue weighted by Crippen LogP contribution is 2.35. The van der Waals surface area contributed by atoms with Crippen LogP contribution in [0.2, 0.25) is 5.02 Å². The van der Waals surface area contributed by atoms with Crippen molar-refractivity contribution in [2.75, 3.05) is 31.2 Å². The third-order valence-corrected chi connectivity index (χ3v) is 7.15. The standard InChI is InChI=1S/C23H26ClN7O/c24-18-1-2-20-17(11-18)13-30(19-5-10-32-15-19)14-22-27-28-23(31(20)22)16-3-8-29(9-4-16)21-12-25-6-7-26-21/h1-2,6-7,11-12,16,19H,3-5,8-10,13-15H2/t19-/m1/s1. The zero-order valence-electron chi connectivity index (χ0n) is 17.9. The molecular formula is C23H26ClN7O. The van der Waals surface area contributed by atoms with Gasteiger partial charge in [0, 0.05) is 55.6 Å². The fraction of sp³-hybridized carbons (Fsp3) is 0.478. The van der Waals surface area contributed by atoms with Gasteiger partial charge in [0.2, 0.25) is 0 Å². The summed E-state index contributed by atoms with van der Waals surface area (Å²) in [7, 11) is 0. The first-order valence-electron chi connectivity index (χ1n) is 11.3. The van der Waals surface area contributed by atoms with Crippen LogP contribution in [-0.2, 0) is 17.8 Å². The van der Waals surface area contributed by atoms with Crippen molar-refractivity contribution in [3.63, 3.8) is 0 Å². The second-order valence-electron chi connectivity index (χ2n) is 8.83. The Bertz CT molecular complexity index is 1090. The fourth-order valence-electron chi connectivity index (χ4n) is 5.20. The van der Waals surface area contributed by atoms with Gasteiger partial charge in [0.25, 0.3) is 0 Å². The van der Waals surface area contributed by atoms with Crippen molar-refractivity contribution in [1.29, 1.82) is 0 Å². The highest BCUT2D eigenvalue weighted by Gasteiger charge is 2.33. The number of piperidine rings is 1. The van der Waals surface area contributed by atoms with Crippen LogP contribution in [0.15, 0.2) is 36.8 Å². The molecule has 9 heteroatoms. The van der Waals surface area contributed by atoms with E-state index in [1.165, 1.54) is 5.56 Å². The molecule has 2 fully saturated rings. The van der Waals surface area contributed by atoms with E-state index in [4.69, 9.17) is 21.4 Å². The molecule has 0 radical (unpaired) electrons. The molecule has 0 amide bonds. The molecule has 8 nitrogen and oxygen atoms in total. The number of ether oxygens (including phenoxy) is 1. The number of fused-ring (bicyclic) bond motifs is 3. The molecule has 3 aliphatic rings. The lowest BCUT2D eigenvalue weighted by molar-refractivity contribution is 0.133. The molecule has 0 bridgehead atoms. The van der Waals surface area contributed by atoms with Crippen molar-refractivity contribution in [1.82, 2.24) is 29.6 Å². The van der Waals surface area contributed by atoms with E-state index in [1.807, 2.05) is 12.3 Å². The molecule has 166 valence electrons. The summed E-state index contributed by atoms with van der Waals surface area (Å²) in [6.07, 6.45) is 8.38. The predicted molar refractivity (Wildman–Crippen MR) is 121 cm³/mol. The number of benzene rings is 1. The SMILES string of the molecule is Clc1ccc2c(c1)CN([C@@H]1CCOC1)Cc1nnc(C3CCN(c4cnccn4)CC3)n1-2. The number of hydrogen-bond acceptors (Lipinski definition) is 7. The van der Waals surface area contributed by atoms with Gasteiger partial charge in [-0.2, -0.15) is 0 Å². The number of nitrogens with zero attached hydrogens (tertiary/aromatic N) is 7. The summed E-state index contributed by atoms with van der Waals surface area (Å²) in [4.78, 5) is 13.4. The third kappa shape index (κ3) is 3.66. The van der Waals surface area contributed by atoms with Gasteiger partial charge in [0.1, 0.15) is 11.6 Å².